The van der Waals surface area contributed by atoms with Gasteiger partial charge in [-0.05, 0) is 37.3 Å². The minimum atomic E-state index is -4.18. The summed E-state index contributed by atoms with van der Waals surface area (Å²) < 4.78 is 80.8. The van der Waals surface area contributed by atoms with Crippen LogP contribution in [0.3, 0.4) is 0 Å². The van der Waals surface area contributed by atoms with Crippen LogP contribution in [-0.2, 0) is 16.8 Å². The Bertz CT molecular complexity index is 1400. The fourth-order valence-electron chi connectivity index (χ4n) is 3.43. The van der Waals surface area contributed by atoms with Gasteiger partial charge in [-0.2, -0.15) is 8.42 Å². The Hall–Kier alpha value is -3.84. The number of nitrogens with one attached hydrogen (secondary N) is 2. The van der Waals surface area contributed by atoms with Crippen molar-refractivity contribution in [2.75, 3.05) is 11.8 Å². The smallest absolute Gasteiger partial charge is 0.416 e. The molecule has 35 heavy (non-hydrogen) atoms. The summed E-state index contributed by atoms with van der Waals surface area (Å²) in [6, 6.07) is 8.52. The van der Waals surface area contributed by atoms with Crippen LogP contribution in [0.5, 0.6) is 17.4 Å². The maximum absolute atomic E-state index is 15.0. The molecule has 0 spiro atoms. The number of benzene rings is 2. The second-order valence-electron chi connectivity index (χ2n) is 7.47. The highest BCUT2D eigenvalue weighted by molar-refractivity contribution is 7.90. The van der Waals surface area contributed by atoms with E-state index < -0.39 is 45.5 Å². The van der Waals surface area contributed by atoms with Crippen molar-refractivity contribution in [1.29, 1.82) is 0 Å². The van der Waals surface area contributed by atoms with Crippen molar-refractivity contribution in [2.45, 2.75) is 19.5 Å². The predicted molar refractivity (Wildman–Crippen MR) is 119 cm³/mol. The Morgan fingerprint density at radius 2 is 1.91 bits per heavy atom. The van der Waals surface area contributed by atoms with Gasteiger partial charge in [-0.25, -0.2) is 27.7 Å². The molecular weight excluding hydrogens is 489 g/mol. The summed E-state index contributed by atoms with van der Waals surface area (Å²) in [5.74, 6) is -2.87. The van der Waals surface area contributed by atoms with Gasteiger partial charge in [0.15, 0.2) is 11.6 Å². The lowest BCUT2D eigenvalue weighted by Crippen LogP contribution is -2.39. The quantitative estimate of drug-likeness (QED) is 0.494. The summed E-state index contributed by atoms with van der Waals surface area (Å²) in [4.78, 5) is 17.7. The first-order valence-electron chi connectivity index (χ1n) is 10.2. The van der Waals surface area contributed by atoms with Gasteiger partial charge in [0, 0.05) is 30.4 Å². The maximum atomic E-state index is 15.0. The molecule has 1 amide bonds. The molecule has 4 rings (SSSR count). The van der Waals surface area contributed by atoms with E-state index in [0.717, 1.165) is 19.2 Å². The molecule has 0 bridgehead atoms. The van der Waals surface area contributed by atoms with E-state index in [2.05, 4.69) is 4.98 Å². The minimum Gasteiger partial charge on any atom is -0.436 e. The molecule has 1 atom stereocenters. The molecule has 3 aromatic rings. The van der Waals surface area contributed by atoms with E-state index in [1.54, 1.807) is 17.7 Å². The van der Waals surface area contributed by atoms with Crippen molar-refractivity contribution in [3.05, 3.63) is 77.2 Å². The Kier molecular flexibility index (Phi) is 6.54. The number of amides is 1. The van der Waals surface area contributed by atoms with E-state index in [0.29, 0.717) is 5.56 Å². The van der Waals surface area contributed by atoms with Gasteiger partial charge in [-0.15, -0.1) is 0 Å². The normalized spacial score (nSPS) is 15.4. The highest BCUT2D eigenvalue weighted by Gasteiger charge is 2.33. The molecule has 1 aromatic heterocycles. The summed E-state index contributed by atoms with van der Waals surface area (Å²) in [6.07, 6.45) is 0.535. The maximum Gasteiger partial charge on any atom is 0.416 e. The van der Waals surface area contributed by atoms with Gasteiger partial charge in [0.1, 0.15) is 23.0 Å². The highest BCUT2D eigenvalue weighted by Crippen LogP contribution is 2.39. The van der Waals surface area contributed by atoms with E-state index in [4.69, 9.17) is 9.47 Å². The number of anilines is 1. The number of ether oxygens (including phenoxy) is 2. The van der Waals surface area contributed by atoms with Gasteiger partial charge in [0.25, 0.3) is 16.1 Å². The number of hydrogen-bond acceptors (Lipinski definition) is 6. The molecule has 2 aromatic carbocycles. The molecule has 184 valence electrons. The van der Waals surface area contributed by atoms with Gasteiger partial charge in [-0.1, -0.05) is 6.07 Å². The van der Waals surface area contributed by atoms with E-state index in [1.165, 1.54) is 35.4 Å². The number of rotatable bonds is 7. The average molecular weight is 508 g/mol. The summed E-state index contributed by atoms with van der Waals surface area (Å²) in [7, 11) is -3.11. The average Bonchev–Trinajstić information content (AvgIpc) is 2.82. The van der Waals surface area contributed by atoms with Crippen LogP contribution in [0.2, 0.25) is 0 Å². The zero-order valence-corrected chi connectivity index (χ0v) is 19.2. The number of carbonyl (C=O) groups is 1. The SMILES string of the molecule is CNS(=O)(=O)Nc1c(F)ccc(CN2C(=O)Oc3cc(Oc4ncccc4F)ccc3[C@H]2C)c1F. The Morgan fingerprint density at radius 3 is 2.63 bits per heavy atom. The minimum absolute atomic E-state index is 0.141. The van der Waals surface area contributed by atoms with Crippen molar-refractivity contribution >= 4 is 22.0 Å². The number of aromatic nitrogens is 1. The Balaban J connectivity index is 1.58. The molecular formula is C22H19F3N4O5S. The molecule has 2 heterocycles. The lowest BCUT2D eigenvalue weighted by Gasteiger charge is -2.34. The molecule has 2 N–H and O–H groups in total. The van der Waals surface area contributed by atoms with Crippen LogP contribution in [0.25, 0.3) is 0 Å². The number of nitrogens with zero attached hydrogens (tertiary/aromatic N) is 2. The van der Waals surface area contributed by atoms with Crippen LogP contribution in [0.1, 0.15) is 24.1 Å². The first kappa shape index (κ1) is 24.3. The highest BCUT2D eigenvalue weighted by atomic mass is 32.2. The topological polar surface area (TPSA) is 110 Å². The zero-order valence-electron chi connectivity index (χ0n) is 18.4. The molecule has 1 aliphatic rings. The fraction of sp³-hybridized carbons (Fsp3) is 0.182. The van der Waals surface area contributed by atoms with Crippen LogP contribution in [0.15, 0.2) is 48.7 Å². The van der Waals surface area contributed by atoms with Gasteiger partial charge < -0.3 is 9.47 Å². The number of halogens is 3. The fourth-order valence-corrected chi connectivity index (χ4v) is 3.99. The number of fused-ring (bicyclic) bond motifs is 1. The van der Waals surface area contributed by atoms with Crippen LogP contribution >= 0.6 is 0 Å². The molecule has 0 aliphatic carbocycles. The molecule has 0 fully saturated rings. The summed E-state index contributed by atoms with van der Waals surface area (Å²) in [6.45, 7) is 1.33. The number of pyridine rings is 1. The van der Waals surface area contributed by atoms with Gasteiger partial charge in [-0.3, -0.25) is 9.62 Å². The molecule has 0 radical (unpaired) electrons. The van der Waals surface area contributed by atoms with E-state index in [1.807, 2.05) is 4.72 Å². The van der Waals surface area contributed by atoms with Crippen molar-refractivity contribution in [1.82, 2.24) is 14.6 Å². The van der Waals surface area contributed by atoms with Gasteiger partial charge in [0.05, 0.1) is 12.6 Å². The largest absolute Gasteiger partial charge is 0.436 e. The van der Waals surface area contributed by atoms with Crippen LogP contribution in [-0.4, -0.2) is 31.4 Å². The molecule has 0 unspecified atom stereocenters. The summed E-state index contributed by atoms with van der Waals surface area (Å²) in [5.41, 5.74) is -0.464. The van der Waals surface area contributed by atoms with Crippen LogP contribution in [0.4, 0.5) is 23.7 Å². The van der Waals surface area contributed by atoms with Crippen molar-refractivity contribution in [2.24, 2.45) is 0 Å². The van der Waals surface area contributed by atoms with Gasteiger partial charge >= 0.3 is 6.09 Å². The Morgan fingerprint density at radius 1 is 1.14 bits per heavy atom. The van der Waals surface area contributed by atoms with Crippen molar-refractivity contribution < 1.29 is 35.9 Å². The van der Waals surface area contributed by atoms with Crippen LogP contribution in [0, 0.1) is 17.5 Å². The van der Waals surface area contributed by atoms with Crippen molar-refractivity contribution in [3.8, 4) is 17.4 Å². The van der Waals surface area contributed by atoms with Crippen LogP contribution < -0.4 is 18.9 Å². The second-order valence-corrected chi connectivity index (χ2v) is 9.09. The predicted octanol–water partition coefficient (Wildman–Crippen LogP) is 4.24. The summed E-state index contributed by atoms with van der Waals surface area (Å²) in [5, 5.41) is 0. The van der Waals surface area contributed by atoms with E-state index in [9.17, 15) is 26.4 Å². The molecule has 0 saturated heterocycles. The number of carbonyl (C=O) groups excluding carboxylic acids is 1. The molecule has 9 nitrogen and oxygen atoms in total. The molecule has 0 saturated carbocycles. The summed E-state index contributed by atoms with van der Waals surface area (Å²) >= 11 is 0. The lowest BCUT2D eigenvalue weighted by molar-refractivity contribution is 0.116. The first-order valence-corrected chi connectivity index (χ1v) is 11.7. The third kappa shape index (κ3) is 5.00. The van der Waals surface area contributed by atoms with E-state index >= 15 is 0 Å². The third-order valence-corrected chi connectivity index (χ3v) is 6.30. The Labute approximate surface area is 198 Å². The standard InChI is InChI=1S/C22H19F3N4O5S/c1-12-15-7-6-14(33-21-17(24)4-3-9-27-21)10-18(15)34-22(30)29(12)11-13-5-8-16(23)20(19(13)25)28-35(31,32)26-2/h3-10,12,26,28H,11H2,1-2H3/t12-/m1/s1. The number of hydrogen-bond donors (Lipinski definition) is 2. The molecule has 13 heteroatoms. The zero-order chi connectivity index (χ0) is 25.3. The third-order valence-electron chi connectivity index (χ3n) is 5.29. The van der Waals surface area contributed by atoms with Gasteiger partial charge in [0.2, 0.25) is 0 Å². The molecule has 1 aliphatic heterocycles. The first-order chi connectivity index (χ1) is 16.6. The lowest BCUT2D eigenvalue weighted by atomic mass is 10.0. The second kappa shape index (κ2) is 9.43. The van der Waals surface area contributed by atoms with Crippen molar-refractivity contribution in [3.63, 3.8) is 0 Å². The monoisotopic (exact) mass is 508 g/mol. The van der Waals surface area contributed by atoms with E-state index in [-0.39, 0.29) is 29.5 Å².